The van der Waals surface area contributed by atoms with E-state index in [0.29, 0.717) is 13.0 Å². The Labute approximate surface area is 161 Å². The van der Waals surface area contributed by atoms with Crippen molar-refractivity contribution in [2.24, 2.45) is 0 Å². The van der Waals surface area contributed by atoms with E-state index in [0.717, 1.165) is 28.2 Å². The Morgan fingerprint density at radius 1 is 1.07 bits per heavy atom. The SMILES string of the molecule is O=C1C[C@@H](c2cccc(-n3cccn3)c2)c2cnn(Cc3cccnc3)c2N1. The molecule has 1 amide bonds. The highest BCUT2D eigenvalue weighted by Gasteiger charge is 2.30. The van der Waals surface area contributed by atoms with Gasteiger partial charge in [0, 0.05) is 42.7 Å². The average Bonchev–Trinajstić information content (AvgIpc) is 3.39. The Morgan fingerprint density at radius 2 is 2.04 bits per heavy atom. The van der Waals surface area contributed by atoms with E-state index in [4.69, 9.17) is 0 Å². The summed E-state index contributed by atoms with van der Waals surface area (Å²) < 4.78 is 3.65. The zero-order valence-corrected chi connectivity index (χ0v) is 15.1. The lowest BCUT2D eigenvalue weighted by Crippen LogP contribution is -2.25. The summed E-state index contributed by atoms with van der Waals surface area (Å²) in [5, 5.41) is 11.8. The minimum Gasteiger partial charge on any atom is -0.311 e. The zero-order valence-electron chi connectivity index (χ0n) is 15.1. The van der Waals surface area contributed by atoms with Crippen molar-refractivity contribution in [2.75, 3.05) is 5.32 Å². The molecule has 138 valence electrons. The number of hydrogen-bond donors (Lipinski definition) is 1. The number of rotatable bonds is 4. The van der Waals surface area contributed by atoms with E-state index in [1.807, 2.05) is 58.3 Å². The Kier molecular flexibility index (Phi) is 3.97. The quantitative estimate of drug-likeness (QED) is 0.599. The number of nitrogens with zero attached hydrogens (tertiary/aromatic N) is 5. The molecule has 0 saturated carbocycles. The number of carbonyl (C=O) groups is 1. The number of nitrogens with one attached hydrogen (secondary N) is 1. The molecule has 1 atom stereocenters. The van der Waals surface area contributed by atoms with Crippen molar-refractivity contribution in [3.63, 3.8) is 0 Å². The second kappa shape index (κ2) is 6.77. The topological polar surface area (TPSA) is 77.6 Å². The summed E-state index contributed by atoms with van der Waals surface area (Å²) in [6.45, 7) is 0.559. The van der Waals surface area contributed by atoms with Crippen molar-refractivity contribution in [1.29, 1.82) is 0 Å². The van der Waals surface area contributed by atoms with E-state index in [1.165, 1.54) is 0 Å². The molecule has 1 N–H and O–H groups in total. The largest absolute Gasteiger partial charge is 0.311 e. The fourth-order valence-corrected chi connectivity index (χ4v) is 3.66. The van der Waals surface area contributed by atoms with Gasteiger partial charge in [-0.3, -0.25) is 9.78 Å². The van der Waals surface area contributed by atoms with Gasteiger partial charge in [-0.25, -0.2) is 9.36 Å². The van der Waals surface area contributed by atoms with E-state index in [9.17, 15) is 4.79 Å². The van der Waals surface area contributed by atoms with Crippen molar-refractivity contribution in [3.05, 3.63) is 90.1 Å². The standard InChI is InChI=1S/C21H18N6O/c28-20-11-18(16-5-1-6-17(10-16)26-9-3-8-23-26)19-13-24-27(21(19)25-20)14-15-4-2-7-22-12-15/h1-10,12-13,18H,11,14H2,(H,25,28)/t18-/m0/s1. The molecule has 4 aromatic rings. The lowest BCUT2D eigenvalue weighted by atomic mass is 9.87. The highest BCUT2D eigenvalue weighted by Crippen LogP contribution is 2.37. The van der Waals surface area contributed by atoms with Gasteiger partial charge in [0.2, 0.25) is 5.91 Å². The van der Waals surface area contributed by atoms with Crippen LogP contribution in [0.2, 0.25) is 0 Å². The molecule has 3 aromatic heterocycles. The average molecular weight is 370 g/mol. The smallest absolute Gasteiger partial charge is 0.226 e. The molecule has 7 nitrogen and oxygen atoms in total. The normalized spacial score (nSPS) is 15.9. The molecule has 0 fully saturated rings. The lowest BCUT2D eigenvalue weighted by molar-refractivity contribution is -0.116. The molecule has 1 aromatic carbocycles. The predicted molar refractivity (Wildman–Crippen MR) is 104 cm³/mol. The third kappa shape index (κ3) is 2.96. The molecule has 0 aliphatic carbocycles. The van der Waals surface area contributed by atoms with Gasteiger partial charge < -0.3 is 5.32 Å². The summed E-state index contributed by atoms with van der Waals surface area (Å²) in [5.41, 5.74) is 4.11. The molecule has 1 aliphatic rings. The molecule has 1 aliphatic heterocycles. The maximum Gasteiger partial charge on any atom is 0.226 e. The van der Waals surface area contributed by atoms with Crippen LogP contribution in [-0.4, -0.2) is 30.5 Å². The van der Waals surface area contributed by atoms with Crippen LogP contribution in [0.1, 0.15) is 29.0 Å². The van der Waals surface area contributed by atoms with Crippen molar-refractivity contribution in [2.45, 2.75) is 18.9 Å². The maximum atomic E-state index is 12.4. The van der Waals surface area contributed by atoms with Gasteiger partial charge in [-0.15, -0.1) is 0 Å². The van der Waals surface area contributed by atoms with Crippen molar-refractivity contribution in [3.8, 4) is 5.69 Å². The Hall–Kier alpha value is -3.74. The Balaban J connectivity index is 1.52. The molecular weight excluding hydrogens is 352 g/mol. The van der Waals surface area contributed by atoms with Crippen molar-refractivity contribution < 1.29 is 4.79 Å². The molecule has 0 bridgehead atoms. The van der Waals surface area contributed by atoms with Gasteiger partial charge in [0.05, 0.1) is 18.4 Å². The number of anilines is 1. The van der Waals surface area contributed by atoms with Crippen LogP contribution >= 0.6 is 0 Å². The molecule has 5 rings (SSSR count). The van der Waals surface area contributed by atoms with Crippen LogP contribution in [0.3, 0.4) is 0 Å². The summed E-state index contributed by atoms with van der Waals surface area (Å²) in [5.74, 6) is 0.714. The molecule has 4 heterocycles. The van der Waals surface area contributed by atoms with Gasteiger partial charge >= 0.3 is 0 Å². The molecule has 0 spiro atoms. The minimum absolute atomic E-state index is 0.00470. The molecule has 28 heavy (non-hydrogen) atoms. The first-order valence-corrected chi connectivity index (χ1v) is 9.12. The van der Waals surface area contributed by atoms with Crippen LogP contribution in [0.5, 0.6) is 0 Å². The summed E-state index contributed by atoms with van der Waals surface area (Å²) in [6.07, 6.45) is 9.46. The molecule has 0 unspecified atom stereocenters. The molecule has 0 saturated heterocycles. The maximum absolute atomic E-state index is 12.4. The van der Waals surface area contributed by atoms with E-state index in [-0.39, 0.29) is 11.8 Å². The Morgan fingerprint density at radius 3 is 2.86 bits per heavy atom. The monoisotopic (exact) mass is 370 g/mol. The van der Waals surface area contributed by atoms with Gasteiger partial charge in [-0.1, -0.05) is 18.2 Å². The van der Waals surface area contributed by atoms with Crippen molar-refractivity contribution >= 4 is 11.7 Å². The van der Waals surface area contributed by atoms with Crippen LogP contribution in [0.4, 0.5) is 5.82 Å². The highest BCUT2D eigenvalue weighted by atomic mass is 16.1. The van der Waals surface area contributed by atoms with E-state index < -0.39 is 0 Å². The first-order chi connectivity index (χ1) is 13.8. The van der Waals surface area contributed by atoms with Gasteiger partial charge in [-0.2, -0.15) is 10.2 Å². The third-order valence-electron chi connectivity index (χ3n) is 4.99. The Bertz CT molecular complexity index is 1120. The van der Waals surface area contributed by atoms with E-state index in [1.54, 1.807) is 12.4 Å². The van der Waals surface area contributed by atoms with Crippen LogP contribution in [0, 0.1) is 0 Å². The summed E-state index contributed by atoms with van der Waals surface area (Å²) in [4.78, 5) is 16.6. The molecular formula is C21H18N6O. The van der Waals surface area contributed by atoms with Gasteiger partial charge in [-0.05, 0) is 35.4 Å². The highest BCUT2D eigenvalue weighted by molar-refractivity contribution is 5.94. The van der Waals surface area contributed by atoms with Crippen LogP contribution < -0.4 is 5.32 Å². The fraction of sp³-hybridized carbons (Fsp3) is 0.143. The number of hydrogen-bond acceptors (Lipinski definition) is 4. The molecule has 0 radical (unpaired) electrons. The zero-order chi connectivity index (χ0) is 18.9. The summed E-state index contributed by atoms with van der Waals surface area (Å²) >= 11 is 0. The van der Waals surface area contributed by atoms with Crippen LogP contribution in [-0.2, 0) is 11.3 Å². The number of benzene rings is 1. The summed E-state index contributed by atoms with van der Waals surface area (Å²) in [7, 11) is 0. The van der Waals surface area contributed by atoms with Gasteiger partial charge in [0.15, 0.2) is 0 Å². The predicted octanol–water partition coefficient (Wildman–Crippen LogP) is 2.99. The lowest BCUT2D eigenvalue weighted by Gasteiger charge is -2.24. The van der Waals surface area contributed by atoms with Crippen LogP contribution in [0.25, 0.3) is 5.69 Å². The minimum atomic E-state index is -0.0399. The number of fused-ring (bicyclic) bond motifs is 1. The fourth-order valence-electron chi connectivity index (χ4n) is 3.66. The first-order valence-electron chi connectivity index (χ1n) is 9.12. The summed E-state index contributed by atoms with van der Waals surface area (Å²) in [6, 6.07) is 13.9. The second-order valence-electron chi connectivity index (χ2n) is 6.82. The second-order valence-corrected chi connectivity index (χ2v) is 6.82. The molecule has 7 heteroatoms. The number of carbonyl (C=O) groups excluding carboxylic acids is 1. The van der Waals surface area contributed by atoms with Gasteiger partial charge in [0.25, 0.3) is 0 Å². The van der Waals surface area contributed by atoms with Gasteiger partial charge in [0.1, 0.15) is 5.82 Å². The van der Waals surface area contributed by atoms with Crippen molar-refractivity contribution in [1.82, 2.24) is 24.5 Å². The van der Waals surface area contributed by atoms with Crippen LogP contribution in [0.15, 0.2) is 73.4 Å². The number of aromatic nitrogens is 5. The van der Waals surface area contributed by atoms with E-state index >= 15 is 0 Å². The third-order valence-corrected chi connectivity index (χ3v) is 4.99. The number of pyridine rings is 1. The first kappa shape index (κ1) is 16.4. The number of amides is 1. The van der Waals surface area contributed by atoms with E-state index in [2.05, 4.69) is 32.6 Å².